The molecule has 0 saturated heterocycles. The molecule has 4 aromatic heterocycles. The second kappa shape index (κ2) is 13.5. The summed E-state index contributed by atoms with van der Waals surface area (Å²) in [6.07, 6.45) is 11.0. The van der Waals surface area contributed by atoms with Gasteiger partial charge in [0, 0.05) is 56.4 Å². The van der Waals surface area contributed by atoms with Gasteiger partial charge in [0.05, 0.1) is 22.2 Å². The summed E-state index contributed by atoms with van der Waals surface area (Å²) in [5.74, 6) is 0. The molecule has 4 nitrogen and oxygen atoms in total. The van der Waals surface area contributed by atoms with Crippen LogP contribution in [0.5, 0.6) is 0 Å². The highest BCUT2D eigenvalue weighted by molar-refractivity contribution is 6.17. The second-order valence-electron chi connectivity index (χ2n) is 14.9. The molecule has 0 fully saturated rings. The predicted octanol–water partition coefficient (Wildman–Crippen LogP) is 13.6. The summed E-state index contributed by atoms with van der Waals surface area (Å²) in [6, 6.07) is 57.2. The number of fused-ring (bicyclic) bond motifs is 12. The molecule has 270 valence electrons. The van der Waals surface area contributed by atoms with Gasteiger partial charge in [0.2, 0.25) is 0 Å². The molecule has 6 aromatic carbocycles. The number of aromatic nitrogens is 4. The van der Waals surface area contributed by atoms with Crippen molar-refractivity contribution in [3.63, 3.8) is 0 Å². The molecule has 0 atom stereocenters. The van der Waals surface area contributed by atoms with Crippen LogP contribution in [0.1, 0.15) is 24.1 Å². The summed E-state index contributed by atoms with van der Waals surface area (Å²) in [4.78, 5) is 9.79. The molecule has 11 rings (SSSR count). The number of hydrogen-bond donors (Lipinski definition) is 0. The number of hydrogen-bond acceptors (Lipinski definition) is 2. The van der Waals surface area contributed by atoms with E-state index in [-0.39, 0.29) is 0 Å². The molecule has 0 spiro atoms. The molecule has 1 aliphatic carbocycles. The van der Waals surface area contributed by atoms with E-state index < -0.39 is 0 Å². The molecular weight excluding hydrogens is 693 g/mol. The van der Waals surface area contributed by atoms with Gasteiger partial charge in [-0.3, -0.25) is 9.55 Å². The third kappa shape index (κ3) is 5.37. The number of rotatable bonds is 3. The Morgan fingerprint density at radius 2 is 1.09 bits per heavy atom. The van der Waals surface area contributed by atoms with Crippen LogP contribution in [0.25, 0.3) is 94.1 Å². The van der Waals surface area contributed by atoms with Crippen LogP contribution < -0.4 is 0 Å². The third-order valence-electron chi connectivity index (χ3n) is 11.7. The molecule has 0 radical (unpaired) electrons. The van der Waals surface area contributed by atoms with E-state index >= 15 is 0 Å². The van der Waals surface area contributed by atoms with Crippen LogP contribution in [0.4, 0.5) is 0 Å². The molecule has 0 amide bonds. The lowest BCUT2D eigenvalue weighted by Crippen LogP contribution is -2.01. The number of allylic oxidation sites excluding steroid dienone is 3. The minimum Gasteiger partial charge on any atom is -0.309 e. The maximum atomic E-state index is 5.01. The van der Waals surface area contributed by atoms with E-state index in [9.17, 15) is 0 Å². The Morgan fingerprint density at radius 3 is 1.88 bits per heavy atom. The van der Waals surface area contributed by atoms with Crippen LogP contribution in [0, 0.1) is 0 Å². The molecule has 0 N–H and O–H groups in total. The van der Waals surface area contributed by atoms with Crippen LogP contribution >= 0.6 is 0 Å². The topological polar surface area (TPSA) is 35.6 Å². The first-order valence-electron chi connectivity index (χ1n) is 19.7. The molecule has 0 saturated carbocycles. The summed E-state index contributed by atoms with van der Waals surface area (Å²) in [5.41, 5.74) is 17.1. The molecule has 0 bridgehead atoms. The zero-order valence-electron chi connectivity index (χ0n) is 31.4. The zero-order chi connectivity index (χ0) is 37.9. The summed E-state index contributed by atoms with van der Waals surface area (Å²) >= 11 is 0. The summed E-state index contributed by atoms with van der Waals surface area (Å²) in [7, 11) is 0. The molecule has 0 aliphatic heterocycles. The number of nitrogens with zero attached hydrogens (tertiary/aromatic N) is 4. The number of para-hydroxylation sites is 2. The molecule has 57 heavy (non-hydrogen) atoms. The van der Waals surface area contributed by atoms with E-state index in [1.165, 1.54) is 49.4 Å². The average molecular weight is 731 g/mol. The zero-order valence-corrected chi connectivity index (χ0v) is 31.4. The van der Waals surface area contributed by atoms with Crippen molar-refractivity contribution in [1.29, 1.82) is 0 Å². The van der Waals surface area contributed by atoms with Crippen LogP contribution in [-0.2, 0) is 6.42 Å². The first kappa shape index (κ1) is 33.1. The van der Waals surface area contributed by atoms with Gasteiger partial charge >= 0.3 is 0 Å². The Labute approximate surface area is 331 Å². The number of benzene rings is 6. The van der Waals surface area contributed by atoms with Gasteiger partial charge in [0.25, 0.3) is 0 Å². The lowest BCUT2D eigenvalue weighted by Gasteiger charge is -2.20. The molecular formula is C53H38N4. The van der Waals surface area contributed by atoms with Crippen molar-refractivity contribution in [3.05, 3.63) is 200 Å². The number of pyridine rings is 2. The normalized spacial score (nSPS) is 13.6. The quantitative estimate of drug-likeness (QED) is 0.170. The van der Waals surface area contributed by atoms with E-state index in [0.717, 1.165) is 75.1 Å². The SMILES string of the molecule is C=C1CC/C=C\Cc2ccccc2-c2ccc3c4ccccc4n(-c4ccc(-c5ccc(-n6c7ccccc7c7cccnc76)cc5)cc4)c3c2-c2cccnc21. The van der Waals surface area contributed by atoms with Crippen LogP contribution in [0.3, 0.4) is 0 Å². The maximum absolute atomic E-state index is 5.01. The van der Waals surface area contributed by atoms with E-state index in [2.05, 4.69) is 180 Å². The Kier molecular flexibility index (Phi) is 7.82. The van der Waals surface area contributed by atoms with Gasteiger partial charge in [-0.2, -0.15) is 0 Å². The smallest absolute Gasteiger partial charge is 0.145 e. The highest BCUT2D eigenvalue weighted by Gasteiger charge is 2.24. The Hall–Kier alpha value is -7.30. The van der Waals surface area contributed by atoms with Crippen molar-refractivity contribution >= 4 is 49.3 Å². The van der Waals surface area contributed by atoms with Crippen LogP contribution in [0.15, 0.2) is 189 Å². The highest BCUT2D eigenvalue weighted by atomic mass is 15.0. The highest BCUT2D eigenvalue weighted by Crippen LogP contribution is 2.46. The maximum Gasteiger partial charge on any atom is 0.145 e. The largest absolute Gasteiger partial charge is 0.309 e. The Bertz CT molecular complexity index is 3160. The fraction of sp³-hybridized carbons (Fsp3) is 0.0566. The molecule has 4 heteroatoms. The van der Waals surface area contributed by atoms with Crippen LogP contribution in [0.2, 0.25) is 0 Å². The summed E-state index contributed by atoms with van der Waals surface area (Å²) < 4.78 is 4.72. The van der Waals surface area contributed by atoms with Gasteiger partial charge in [-0.15, -0.1) is 0 Å². The summed E-state index contributed by atoms with van der Waals surface area (Å²) in [6.45, 7) is 4.58. The minimum atomic E-state index is 0.856. The third-order valence-corrected chi connectivity index (χ3v) is 11.7. The predicted molar refractivity (Wildman–Crippen MR) is 238 cm³/mol. The summed E-state index contributed by atoms with van der Waals surface area (Å²) in [5, 5.41) is 4.81. The molecule has 10 aromatic rings. The van der Waals surface area contributed by atoms with Crippen molar-refractivity contribution < 1.29 is 0 Å². The lowest BCUT2D eigenvalue weighted by molar-refractivity contribution is 1.04. The Morgan fingerprint density at radius 1 is 0.474 bits per heavy atom. The molecule has 1 aliphatic rings. The van der Waals surface area contributed by atoms with Crippen molar-refractivity contribution in [1.82, 2.24) is 19.1 Å². The van der Waals surface area contributed by atoms with E-state index in [1.54, 1.807) is 0 Å². The standard InChI is InChI=1S/C53H38N4/c1-35-13-3-2-4-14-38-15-5-6-16-41(38)44-31-32-45-42-17-7-9-21-48(42)56(52(45)50(44)47-20-12-33-54-51(35)47)39-27-23-36(24-28-39)37-25-29-40(30-26-37)57-49-22-10-8-18-43(49)46-19-11-34-55-53(46)57/h2,4-12,15-34H,1,3,13-14H2/b4-2-. The van der Waals surface area contributed by atoms with Gasteiger partial charge in [0.15, 0.2) is 0 Å². The van der Waals surface area contributed by atoms with Gasteiger partial charge in [-0.1, -0.05) is 122 Å². The second-order valence-corrected chi connectivity index (χ2v) is 14.9. The first-order chi connectivity index (χ1) is 28.2. The van der Waals surface area contributed by atoms with Crippen molar-refractivity contribution in [2.24, 2.45) is 0 Å². The van der Waals surface area contributed by atoms with E-state index in [4.69, 9.17) is 9.97 Å². The average Bonchev–Trinajstić information content (AvgIpc) is 3.79. The van der Waals surface area contributed by atoms with Gasteiger partial charge in [-0.25, -0.2) is 4.98 Å². The Balaban J connectivity index is 1.09. The van der Waals surface area contributed by atoms with E-state index in [0.29, 0.717) is 0 Å². The van der Waals surface area contributed by atoms with Crippen molar-refractivity contribution in [2.45, 2.75) is 19.3 Å². The monoisotopic (exact) mass is 730 g/mol. The van der Waals surface area contributed by atoms with E-state index in [1.807, 2.05) is 18.5 Å². The van der Waals surface area contributed by atoms with Gasteiger partial charge < -0.3 is 4.57 Å². The van der Waals surface area contributed by atoms with Crippen molar-refractivity contribution in [2.75, 3.05) is 0 Å². The first-order valence-corrected chi connectivity index (χ1v) is 19.7. The lowest BCUT2D eigenvalue weighted by atomic mass is 9.86. The van der Waals surface area contributed by atoms with Crippen molar-refractivity contribution in [3.8, 4) is 44.8 Å². The minimum absolute atomic E-state index is 0.856. The van der Waals surface area contributed by atoms with Gasteiger partial charge in [0.1, 0.15) is 5.65 Å². The molecule has 0 unspecified atom stereocenters. The molecule has 4 heterocycles. The van der Waals surface area contributed by atoms with Gasteiger partial charge in [-0.05, 0) is 107 Å². The fourth-order valence-electron chi connectivity index (χ4n) is 9.04. The van der Waals surface area contributed by atoms with Crippen LogP contribution in [-0.4, -0.2) is 19.1 Å². The fourth-order valence-corrected chi connectivity index (χ4v) is 9.04.